The third kappa shape index (κ3) is 3.68. The monoisotopic (exact) mass is 420 g/mol. The fourth-order valence-corrected chi connectivity index (χ4v) is 5.56. The van der Waals surface area contributed by atoms with Crippen LogP contribution in [0, 0.1) is 0 Å². The van der Waals surface area contributed by atoms with Crippen LogP contribution in [0.4, 0.5) is 5.00 Å². The van der Waals surface area contributed by atoms with Crippen molar-refractivity contribution in [1.29, 1.82) is 0 Å². The second kappa shape index (κ2) is 8.13. The average molecular weight is 421 g/mol. The Kier molecular flexibility index (Phi) is 5.19. The third-order valence-electron chi connectivity index (χ3n) is 5.97. The van der Waals surface area contributed by atoms with Crippen molar-refractivity contribution < 1.29 is 14.4 Å². The van der Waals surface area contributed by atoms with E-state index in [0.717, 1.165) is 53.5 Å². The number of benzene rings is 2. The van der Waals surface area contributed by atoms with Crippen LogP contribution in [-0.4, -0.2) is 19.0 Å². The minimum Gasteiger partial charge on any atom is -0.489 e. The summed E-state index contributed by atoms with van der Waals surface area (Å²) in [7, 11) is 0. The maximum Gasteiger partial charge on any atom is 0.256 e. The Hall–Kier alpha value is -2.83. The summed E-state index contributed by atoms with van der Waals surface area (Å²) < 4.78 is 5.88. The van der Waals surface area contributed by atoms with Gasteiger partial charge < -0.3 is 20.3 Å². The van der Waals surface area contributed by atoms with Gasteiger partial charge in [-0.25, -0.2) is 0 Å². The van der Waals surface area contributed by atoms with Crippen LogP contribution in [0.1, 0.15) is 45.0 Å². The number of rotatable bonds is 5. The van der Waals surface area contributed by atoms with Crippen molar-refractivity contribution in [2.24, 2.45) is 0 Å². The first-order chi connectivity index (χ1) is 14.7. The maximum atomic E-state index is 12.9. The molecule has 30 heavy (non-hydrogen) atoms. The normalized spacial score (nSPS) is 20.0. The lowest BCUT2D eigenvalue weighted by atomic mass is 10.0. The highest BCUT2D eigenvalue weighted by molar-refractivity contribution is 7.16. The molecule has 5 rings (SSSR count). The highest BCUT2D eigenvalue weighted by atomic mass is 32.1. The van der Waals surface area contributed by atoms with Gasteiger partial charge in [0.15, 0.2) is 0 Å². The van der Waals surface area contributed by atoms with Gasteiger partial charge in [-0.05, 0) is 35.7 Å². The van der Waals surface area contributed by atoms with Crippen molar-refractivity contribution in [1.82, 2.24) is 5.32 Å². The zero-order valence-corrected chi connectivity index (χ0v) is 17.9. The van der Waals surface area contributed by atoms with E-state index in [1.165, 1.54) is 10.4 Å². The van der Waals surface area contributed by atoms with Gasteiger partial charge in [-0.15, -0.1) is 11.3 Å². The van der Waals surface area contributed by atoms with Crippen LogP contribution in [0.25, 0.3) is 0 Å². The molecule has 3 aromatic rings. The summed E-state index contributed by atoms with van der Waals surface area (Å²) in [6.45, 7) is 6.02. The van der Waals surface area contributed by atoms with Crippen LogP contribution >= 0.6 is 11.3 Å². The molecule has 0 saturated heterocycles. The van der Waals surface area contributed by atoms with Gasteiger partial charge in [-0.1, -0.05) is 42.5 Å². The van der Waals surface area contributed by atoms with Gasteiger partial charge in [0, 0.05) is 6.42 Å². The average Bonchev–Trinajstić information content (AvgIpc) is 3.16. The Bertz CT molecular complexity index is 1050. The number of carbonyl (C=O) groups excluding carboxylic acids is 1. The van der Waals surface area contributed by atoms with Crippen LogP contribution in [0.15, 0.2) is 54.6 Å². The third-order valence-corrected chi connectivity index (χ3v) is 7.13. The molecule has 3 heterocycles. The van der Waals surface area contributed by atoms with Crippen LogP contribution in [-0.2, 0) is 19.6 Å². The van der Waals surface area contributed by atoms with Gasteiger partial charge in [0.05, 0.1) is 23.5 Å². The number of hydrogen-bond donors (Lipinski definition) is 3. The molecule has 0 saturated carbocycles. The molecule has 1 aromatic heterocycles. The van der Waals surface area contributed by atoms with Crippen molar-refractivity contribution in [3.8, 4) is 5.75 Å². The largest absolute Gasteiger partial charge is 0.489 e. The van der Waals surface area contributed by atoms with Crippen LogP contribution in [0.2, 0.25) is 0 Å². The molecule has 0 radical (unpaired) electrons. The lowest BCUT2D eigenvalue weighted by Crippen LogP contribution is -3.11. The van der Waals surface area contributed by atoms with Crippen molar-refractivity contribution in [2.45, 2.75) is 32.7 Å². The van der Waals surface area contributed by atoms with E-state index in [4.69, 9.17) is 4.74 Å². The predicted octanol–water partition coefficient (Wildman–Crippen LogP) is 3.14. The molecule has 0 bridgehead atoms. The summed E-state index contributed by atoms with van der Waals surface area (Å²) in [4.78, 5) is 15.8. The smallest absolute Gasteiger partial charge is 0.256 e. The SMILES string of the molecule is CC[NH+]1CCc2c(sc3c2C(=O)N[C@@H](c2ccc(OCc4ccccc4)cc2)N3)C1. The number of amides is 1. The number of fused-ring (bicyclic) bond motifs is 3. The fourth-order valence-electron chi connectivity index (χ4n) is 4.21. The summed E-state index contributed by atoms with van der Waals surface area (Å²) in [5, 5.41) is 7.69. The van der Waals surface area contributed by atoms with Crippen LogP contribution in [0.3, 0.4) is 0 Å². The van der Waals surface area contributed by atoms with E-state index in [1.807, 2.05) is 42.5 Å². The number of thiophene rings is 1. The molecular weight excluding hydrogens is 394 g/mol. The lowest BCUT2D eigenvalue weighted by Gasteiger charge is -2.27. The number of quaternary nitrogens is 1. The number of anilines is 1. The maximum absolute atomic E-state index is 12.9. The van der Waals surface area contributed by atoms with Gasteiger partial charge in [0.25, 0.3) is 5.91 Å². The van der Waals surface area contributed by atoms with Crippen molar-refractivity contribution in [2.75, 3.05) is 18.4 Å². The van der Waals surface area contributed by atoms with Crippen molar-refractivity contribution in [3.63, 3.8) is 0 Å². The highest BCUT2D eigenvalue weighted by Crippen LogP contribution is 2.39. The minimum absolute atomic E-state index is 0.0376. The first-order valence-corrected chi connectivity index (χ1v) is 11.3. The highest BCUT2D eigenvalue weighted by Gasteiger charge is 2.34. The second-order valence-electron chi connectivity index (χ2n) is 7.88. The van der Waals surface area contributed by atoms with Crippen molar-refractivity contribution >= 4 is 22.2 Å². The fraction of sp³-hybridized carbons (Fsp3) is 0.292. The standard InChI is InChI=1S/C24H25N3O2S/c1-2-27-13-12-19-20(14-27)30-24-21(19)23(28)25-22(26-24)17-8-10-18(11-9-17)29-15-16-6-4-3-5-7-16/h3-11,22,26H,2,12-15H2,1H3,(H,25,28)/p+1/t22-/m1/s1. The molecule has 2 atom stereocenters. The van der Waals surface area contributed by atoms with Gasteiger partial charge >= 0.3 is 0 Å². The van der Waals surface area contributed by atoms with Gasteiger partial charge in [-0.3, -0.25) is 4.79 Å². The number of carbonyl (C=O) groups is 1. The first-order valence-electron chi connectivity index (χ1n) is 10.5. The Morgan fingerprint density at radius 3 is 2.67 bits per heavy atom. The van der Waals surface area contributed by atoms with E-state index in [0.29, 0.717) is 6.61 Å². The Morgan fingerprint density at radius 2 is 1.90 bits per heavy atom. The molecule has 0 fully saturated rings. The number of nitrogens with one attached hydrogen (secondary N) is 3. The summed E-state index contributed by atoms with van der Waals surface area (Å²) in [5.41, 5.74) is 4.28. The van der Waals surface area contributed by atoms with Crippen LogP contribution < -0.4 is 20.3 Å². The quantitative estimate of drug-likeness (QED) is 0.594. The number of likely N-dealkylation sites (N-methyl/N-ethyl adjacent to an activating group) is 1. The Morgan fingerprint density at radius 1 is 1.10 bits per heavy atom. The molecule has 5 nitrogen and oxygen atoms in total. The Balaban J connectivity index is 1.29. The molecule has 2 aromatic carbocycles. The Labute approximate surface area is 180 Å². The van der Waals surface area contributed by atoms with E-state index in [9.17, 15) is 4.79 Å². The van der Waals surface area contributed by atoms with Crippen LogP contribution in [0.5, 0.6) is 5.75 Å². The van der Waals surface area contributed by atoms with E-state index in [-0.39, 0.29) is 12.1 Å². The molecule has 3 N–H and O–H groups in total. The number of hydrogen-bond acceptors (Lipinski definition) is 4. The van der Waals surface area contributed by atoms with Crippen molar-refractivity contribution in [3.05, 3.63) is 81.7 Å². The summed E-state index contributed by atoms with van der Waals surface area (Å²) in [6.07, 6.45) is 0.764. The molecule has 2 aliphatic rings. The van der Waals surface area contributed by atoms with Gasteiger partial charge in [-0.2, -0.15) is 0 Å². The van der Waals surface area contributed by atoms with E-state index < -0.39 is 0 Å². The first kappa shape index (κ1) is 19.2. The molecule has 0 aliphatic carbocycles. The summed E-state index contributed by atoms with van der Waals surface area (Å²) in [6, 6.07) is 18.1. The summed E-state index contributed by atoms with van der Waals surface area (Å²) >= 11 is 1.75. The van der Waals surface area contributed by atoms with E-state index in [2.05, 4.69) is 29.7 Å². The predicted molar refractivity (Wildman–Crippen MR) is 119 cm³/mol. The molecule has 1 amide bonds. The summed E-state index contributed by atoms with van der Waals surface area (Å²) in [5.74, 6) is 0.857. The number of ether oxygens (including phenoxy) is 1. The zero-order chi connectivity index (χ0) is 20.5. The molecule has 2 aliphatic heterocycles. The van der Waals surface area contributed by atoms with E-state index >= 15 is 0 Å². The molecule has 6 heteroatoms. The minimum atomic E-state index is -0.220. The molecule has 0 spiro atoms. The second-order valence-corrected chi connectivity index (χ2v) is 8.99. The topological polar surface area (TPSA) is 54.8 Å². The zero-order valence-electron chi connectivity index (χ0n) is 17.0. The lowest BCUT2D eigenvalue weighted by molar-refractivity contribution is -0.913. The molecule has 1 unspecified atom stereocenters. The van der Waals surface area contributed by atoms with Gasteiger partial charge in [0.1, 0.15) is 30.1 Å². The molecule has 154 valence electrons. The van der Waals surface area contributed by atoms with E-state index in [1.54, 1.807) is 16.2 Å². The van der Waals surface area contributed by atoms with Gasteiger partial charge in [0.2, 0.25) is 0 Å². The molecular formula is C24H26N3O2S+.